The molecule has 2 heterocycles. The zero-order valence-corrected chi connectivity index (χ0v) is 18.1. The summed E-state index contributed by atoms with van der Waals surface area (Å²) in [7, 11) is -0.990. The van der Waals surface area contributed by atoms with Crippen LogP contribution in [-0.2, 0) is 14.8 Å². The number of nitrogens with one attached hydrogen (secondary N) is 1. The summed E-state index contributed by atoms with van der Waals surface area (Å²) in [6.45, 7) is 0.561. The molecule has 0 saturated carbocycles. The molecule has 9 nitrogen and oxygen atoms in total. The highest BCUT2D eigenvalue weighted by atomic mass is 32.2. The van der Waals surface area contributed by atoms with Gasteiger partial charge >= 0.3 is 0 Å². The molecule has 10 heteroatoms. The predicted molar refractivity (Wildman–Crippen MR) is 112 cm³/mol. The summed E-state index contributed by atoms with van der Waals surface area (Å²) in [5, 5.41) is 2.85. The monoisotopic (exact) mass is 448 g/mol. The van der Waals surface area contributed by atoms with Gasteiger partial charge in [0.05, 0.1) is 20.1 Å². The average molecular weight is 448 g/mol. The molecule has 0 unspecified atom stereocenters. The van der Waals surface area contributed by atoms with E-state index < -0.39 is 15.9 Å². The van der Waals surface area contributed by atoms with Crippen molar-refractivity contribution in [3.05, 3.63) is 36.4 Å². The van der Waals surface area contributed by atoms with Crippen LogP contribution in [0.2, 0.25) is 0 Å². The van der Waals surface area contributed by atoms with Crippen LogP contribution in [0.3, 0.4) is 0 Å². The molecule has 0 spiro atoms. The SMILES string of the molecule is COc1ccc(OC)c(S(=O)(=O)N2CCC[C@@H](C(=O)Nc3ccc4c(c3)OCO4)C2)c1. The van der Waals surface area contributed by atoms with Crippen LogP contribution in [0.15, 0.2) is 41.3 Å². The quantitative estimate of drug-likeness (QED) is 0.724. The third kappa shape index (κ3) is 4.26. The number of hydrogen-bond acceptors (Lipinski definition) is 7. The van der Waals surface area contributed by atoms with Crippen molar-refractivity contribution in [2.24, 2.45) is 5.92 Å². The highest BCUT2D eigenvalue weighted by Gasteiger charge is 2.35. The highest BCUT2D eigenvalue weighted by molar-refractivity contribution is 7.89. The van der Waals surface area contributed by atoms with E-state index in [1.807, 2.05) is 0 Å². The molecule has 0 aromatic heterocycles. The molecular weight excluding hydrogens is 424 g/mol. The molecular formula is C21H24N2O7S. The summed E-state index contributed by atoms with van der Waals surface area (Å²) < 4.78 is 49.0. The topological polar surface area (TPSA) is 103 Å². The largest absolute Gasteiger partial charge is 0.497 e. The van der Waals surface area contributed by atoms with Crippen LogP contribution in [0.4, 0.5) is 5.69 Å². The number of benzene rings is 2. The second kappa shape index (κ2) is 8.64. The van der Waals surface area contributed by atoms with E-state index in [1.54, 1.807) is 30.3 Å². The maximum Gasteiger partial charge on any atom is 0.246 e. The summed E-state index contributed by atoms with van der Waals surface area (Å²) in [5.74, 6) is 1.11. The number of carbonyl (C=O) groups excluding carboxylic acids is 1. The molecule has 166 valence electrons. The molecule has 1 N–H and O–H groups in total. The van der Waals surface area contributed by atoms with Crippen molar-refractivity contribution in [3.63, 3.8) is 0 Å². The predicted octanol–water partition coefficient (Wildman–Crippen LogP) is 2.47. The number of sulfonamides is 1. The van der Waals surface area contributed by atoms with E-state index in [-0.39, 0.29) is 29.9 Å². The molecule has 2 aromatic carbocycles. The first-order valence-electron chi connectivity index (χ1n) is 9.85. The van der Waals surface area contributed by atoms with Gasteiger partial charge in [-0.15, -0.1) is 0 Å². The molecule has 2 aromatic rings. The minimum absolute atomic E-state index is 0.0196. The van der Waals surface area contributed by atoms with Gasteiger partial charge in [0.2, 0.25) is 22.7 Å². The third-order valence-electron chi connectivity index (χ3n) is 5.38. The Balaban J connectivity index is 1.51. The highest BCUT2D eigenvalue weighted by Crippen LogP contribution is 2.35. The van der Waals surface area contributed by atoms with Crippen molar-refractivity contribution in [3.8, 4) is 23.0 Å². The van der Waals surface area contributed by atoms with Crippen molar-refractivity contribution in [1.29, 1.82) is 0 Å². The second-order valence-electron chi connectivity index (χ2n) is 7.28. The Hall–Kier alpha value is -2.98. The smallest absolute Gasteiger partial charge is 0.246 e. The first-order chi connectivity index (χ1) is 14.9. The van der Waals surface area contributed by atoms with Gasteiger partial charge < -0.3 is 24.3 Å². The Bertz CT molecular complexity index is 1090. The summed E-state index contributed by atoms with van der Waals surface area (Å²) in [6.07, 6.45) is 1.17. The lowest BCUT2D eigenvalue weighted by Gasteiger charge is -2.31. The third-order valence-corrected chi connectivity index (χ3v) is 7.27. The van der Waals surface area contributed by atoms with Gasteiger partial charge in [-0.3, -0.25) is 4.79 Å². The minimum atomic E-state index is -3.87. The molecule has 0 bridgehead atoms. The summed E-state index contributed by atoms with van der Waals surface area (Å²) in [6, 6.07) is 9.77. The maximum absolute atomic E-state index is 13.3. The van der Waals surface area contributed by atoms with Gasteiger partial charge in [0.15, 0.2) is 11.5 Å². The summed E-state index contributed by atoms with van der Waals surface area (Å²) in [4.78, 5) is 12.9. The number of amides is 1. The molecule has 0 aliphatic carbocycles. The molecule has 0 radical (unpaired) electrons. The Morgan fingerprint density at radius 2 is 1.90 bits per heavy atom. The van der Waals surface area contributed by atoms with E-state index >= 15 is 0 Å². The van der Waals surface area contributed by atoms with E-state index in [9.17, 15) is 13.2 Å². The number of fused-ring (bicyclic) bond motifs is 1. The Morgan fingerprint density at radius 3 is 2.68 bits per heavy atom. The molecule has 2 aliphatic rings. The van der Waals surface area contributed by atoms with Gasteiger partial charge in [-0.05, 0) is 37.1 Å². The van der Waals surface area contributed by atoms with Crippen molar-refractivity contribution in [2.75, 3.05) is 39.4 Å². The van der Waals surface area contributed by atoms with Crippen LogP contribution in [0.5, 0.6) is 23.0 Å². The van der Waals surface area contributed by atoms with E-state index in [0.717, 1.165) is 0 Å². The minimum Gasteiger partial charge on any atom is -0.497 e. The number of carbonyl (C=O) groups is 1. The maximum atomic E-state index is 13.3. The fourth-order valence-corrected chi connectivity index (χ4v) is 5.41. The van der Waals surface area contributed by atoms with Crippen LogP contribution in [-0.4, -0.2) is 52.7 Å². The molecule has 31 heavy (non-hydrogen) atoms. The van der Waals surface area contributed by atoms with Crippen molar-refractivity contribution in [2.45, 2.75) is 17.7 Å². The fraction of sp³-hybridized carbons (Fsp3) is 0.381. The standard InChI is InChI=1S/C21H24N2O7S/c1-27-16-6-8-18(28-2)20(11-16)31(25,26)23-9-3-4-14(12-23)21(24)22-15-5-7-17-19(10-15)30-13-29-17/h5-8,10-11,14H,3-4,9,12-13H2,1-2H3,(H,22,24)/t14-/m1/s1. The van der Waals surface area contributed by atoms with Gasteiger partial charge in [-0.25, -0.2) is 8.42 Å². The number of piperidine rings is 1. The van der Waals surface area contributed by atoms with Crippen molar-refractivity contribution >= 4 is 21.6 Å². The number of rotatable bonds is 6. The van der Waals surface area contributed by atoms with Gasteiger partial charge in [-0.2, -0.15) is 4.31 Å². The molecule has 4 rings (SSSR count). The van der Waals surface area contributed by atoms with Crippen LogP contribution in [0.25, 0.3) is 0 Å². The molecule has 2 aliphatic heterocycles. The van der Waals surface area contributed by atoms with Crippen LogP contribution in [0.1, 0.15) is 12.8 Å². The lowest BCUT2D eigenvalue weighted by molar-refractivity contribution is -0.120. The molecule has 1 saturated heterocycles. The Morgan fingerprint density at radius 1 is 1.10 bits per heavy atom. The number of hydrogen-bond donors (Lipinski definition) is 1. The van der Waals surface area contributed by atoms with E-state index in [0.29, 0.717) is 42.3 Å². The molecule has 1 fully saturated rings. The summed E-state index contributed by atoms with van der Waals surface area (Å²) >= 11 is 0. The van der Waals surface area contributed by atoms with Crippen molar-refractivity contribution in [1.82, 2.24) is 4.31 Å². The second-order valence-corrected chi connectivity index (χ2v) is 9.18. The van der Waals surface area contributed by atoms with Gasteiger partial charge in [0, 0.05) is 30.9 Å². The number of ether oxygens (including phenoxy) is 4. The van der Waals surface area contributed by atoms with Gasteiger partial charge in [0.1, 0.15) is 16.4 Å². The molecule has 1 amide bonds. The van der Waals surface area contributed by atoms with Crippen molar-refractivity contribution < 1.29 is 32.2 Å². The van der Waals surface area contributed by atoms with E-state index in [4.69, 9.17) is 18.9 Å². The number of methoxy groups -OCH3 is 2. The molecule has 1 atom stereocenters. The van der Waals surface area contributed by atoms with E-state index in [1.165, 1.54) is 24.6 Å². The zero-order chi connectivity index (χ0) is 22.0. The normalized spacial score (nSPS) is 18.5. The van der Waals surface area contributed by atoms with Gasteiger partial charge in [0.25, 0.3) is 0 Å². The van der Waals surface area contributed by atoms with Crippen LogP contribution >= 0.6 is 0 Å². The van der Waals surface area contributed by atoms with Crippen LogP contribution in [0, 0.1) is 5.92 Å². The Kier molecular flexibility index (Phi) is 5.92. The fourth-order valence-electron chi connectivity index (χ4n) is 3.72. The number of nitrogens with zero attached hydrogens (tertiary/aromatic N) is 1. The lowest BCUT2D eigenvalue weighted by atomic mass is 9.98. The lowest BCUT2D eigenvalue weighted by Crippen LogP contribution is -2.43. The Labute approximate surface area is 180 Å². The first kappa shape index (κ1) is 21.3. The first-order valence-corrected chi connectivity index (χ1v) is 11.3. The van der Waals surface area contributed by atoms with E-state index in [2.05, 4.69) is 5.32 Å². The number of anilines is 1. The zero-order valence-electron chi connectivity index (χ0n) is 17.3. The summed E-state index contributed by atoms with van der Waals surface area (Å²) in [5.41, 5.74) is 0.573. The van der Waals surface area contributed by atoms with Gasteiger partial charge in [-0.1, -0.05) is 0 Å². The average Bonchev–Trinajstić information content (AvgIpc) is 3.26. The van der Waals surface area contributed by atoms with Crippen LogP contribution < -0.4 is 24.3 Å².